The van der Waals surface area contributed by atoms with E-state index in [0.717, 1.165) is 0 Å². The van der Waals surface area contributed by atoms with E-state index in [-0.39, 0.29) is 24.5 Å². The second kappa shape index (κ2) is 7.80. The number of carbonyl (C=O) groups is 2. The number of hydrogen-bond acceptors (Lipinski definition) is 5. The minimum absolute atomic E-state index is 0.0420. The molecule has 0 saturated carbocycles. The van der Waals surface area contributed by atoms with Gasteiger partial charge in [-0.15, -0.1) is 0 Å². The SMILES string of the molecule is COc1ccccc1NC(=O)C1CCN(C(=O)c2ccc3c(c2)OCO3)CC1. The van der Waals surface area contributed by atoms with Gasteiger partial charge >= 0.3 is 0 Å². The molecule has 146 valence electrons. The predicted molar refractivity (Wildman–Crippen MR) is 103 cm³/mol. The minimum atomic E-state index is -0.134. The molecule has 0 atom stereocenters. The largest absolute Gasteiger partial charge is 0.495 e. The highest BCUT2D eigenvalue weighted by molar-refractivity contribution is 5.96. The summed E-state index contributed by atoms with van der Waals surface area (Å²) in [5.41, 5.74) is 1.23. The van der Waals surface area contributed by atoms with Crippen LogP contribution < -0.4 is 19.5 Å². The minimum Gasteiger partial charge on any atom is -0.495 e. The Labute approximate surface area is 163 Å². The number of benzene rings is 2. The van der Waals surface area contributed by atoms with E-state index in [1.54, 1.807) is 30.2 Å². The van der Waals surface area contributed by atoms with Crippen LogP contribution in [0.2, 0.25) is 0 Å². The van der Waals surface area contributed by atoms with E-state index in [1.165, 1.54) is 0 Å². The van der Waals surface area contributed by atoms with Gasteiger partial charge in [-0.1, -0.05) is 12.1 Å². The van der Waals surface area contributed by atoms with Gasteiger partial charge in [0.05, 0.1) is 12.8 Å². The molecule has 4 rings (SSSR count). The van der Waals surface area contributed by atoms with Crippen molar-refractivity contribution in [1.82, 2.24) is 4.90 Å². The van der Waals surface area contributed by atoms with Gasteiger partial charge in [-0.3, -0.25) is 9.59 Å². The number of likely N-dealkylation sites (tertiary alicyclic amines) is 1. The Morgan fingerprint density at radius 1 is 1.07 bits per heavy atom. The fourth-order valence-electron chi connectivity index (χ4n) is 3.54. The summed E-state index contributed by atoms with van der Waals surface area (Å²) in [6.45, 7) is 1.26. The highest BCUT2D eigenvalue weighted by atomic mass is 16.7. The van der Waals surface area contributed by atoms with E-state index in [1.807, 2.05) is 24.3 Å². The molecule has 0 unspecified atom stereocenters. The molecule has 0 aliphatic carbocycles. The number of rotatable bonds is 4. The van der Waals surface area contributed by atoms with E-state index < -0.39 is 0 Å². The zero-order valence-electron chi connectivity index (χ0n) is 15.6. The summed E-state index contributed by atoms with van der Waals surface area (Å²) >= 11 is 0. The molecule has 28 heavy (non-hydrogen) atoms. The Kier molecular flexibility index (Phi) is 5.06. The van der Waals surface area contributed by atoms with Crippen LogP contribution in [-0.4, -0.2) is 43.7 Å². The third-order valence-corrected chi connectivity index (χ3v) is 5.14. The Bertz CT molecular complexity index is 890. The van der Waals surface area contributed by atoms with Gasteiger partial charge in [0.2, 0.25) is 12.7 Å². The highest BCUT2D eigenvalue weighted by Crippen LogP contribution is 2.33. The second-order valence-electron chi connectivity index (χ2n) is 6.82. The number of para-hydroxylation sites is 2. The van der Waals surface area contributed by atoms with Gasteiger partial charge in [0, 0.05) is 24.6 Å². The molecule has 1 fully saturated rings. The number of nitrogens with one attached hydrogen (secondary N) is 1. The Morgan fingerprint density at radius 3 is 2.61 bits per heavy atom. The number of anilines is 1. The molecule has 0 bridgehead atoms. The van der Waals surface area contributed by atoms with Crippen molar-refractivity contribution in [3.8, 4) is 17.2 Å². The molecular weight excluding hydrogens is 360 g/mol. The number of hydrogen-bond donors (Lipinski definition) is 1. The number of piperidine rings is 1. The van der Waals surface area contributed by atoms with Crippen LogP contribution in [0.3, 0.4) is 0 Å². The van der Waals surface area contributed by atoms with E-state index in [4.69, 9.17) is 14.2 Å². The molecule has 2 aliphatic rings. The molecule has 2 amide bonds. The molecule has 2 aromatic rings. The first-order valence-electron chi connectivity index (χ1n) is 9.28. The number of amides is 2. The van der Waals surface area contributed by atoms with Crippen LogP contribution in [0.1, 0.15) is 23.2 Å². The fourth-order valence-corrected chi connectivity index (χ4v) is 3.54. The molecule has 7 heteroatoms. The second-order valence-corrected chi connectivity index (χ2v) is 6.82. The summed E-state index contributed by atoms with van der Waals surface area (Å²) in [5.74, 6) is 1.65. The van der Waals surface area contributed by atoms with Crippen LogP contribution in [0.25, 0.3) is 0 Å². The lowest BCUT2D eigenvalue weighted by Gasteiger charge is -2.31. The number of carbonyl (C=O) groups excluding carboxylic acids is 2. The molecule has 0 spiro atoms. The van der Waals surface area contributed by atoms with Crippen molar-refractivity contribution in [2.75, 3.05) is 32.3 Å². The summed E-state index contributed by atoms with van der Waals surface area (Å²) in [4.78, 5) is 27.2. The molecule has 2 aliphatic heterocycles. The molecule has 0 aromatic heterocycles. The van der Waals surface area contributed by atoms with E-state index in [9.17, 15) is 9.59 Å². The smallest absolute Gasteiger partial charge is 0.253 e. The quantitative estimate of drug-likeness (QED) is 0.880. The monoisotopic (exact) mass is 382 g/mol. The van der Waals surface area contributed by atoms with Gasteiger partial charge in [-0.2, -0.15) is 0 Å². The molecule has 1 saturated heterocycles. The highest BCUT2D eigenvalue weighted by Gasteiger charge is 2.29. The van der Waals surface area contributed by atoms with Crippen LogP contribution in [0.5, 0.6) is 17.2 Å². The maximum atomic E-state index is 12.8. The Hall–Kier alpha value is -3.22. The van der Waals surface area contributed by atoms with Crippen molar-refractivity contribution in [1.29, 1.82) is 0 Å². The van der Waals surface area contributed by atoms with Crippen LogP contribution in [-0.2, 0) is 4.79 Å². The van der Waals surface area contributed by atoms with Gasteiger partial charge in [0.15, 0.2) is 11.5 Å². The third kappa shape index (κ3) is 3.60. The van der Waals surface area contributed by atoms with Gasteiger partial charge in [0.25, 0.3) is 5.91 Å². The maximum absolute atomic E-state index is 12.8. The van der Waals surface area contributed by atoms with E-state index in [2.05, 4.69) is 5.32 Å². The first-order chi connectivity index (χ1) is 13.7. The lowest BCUT2D eigenvalue weighted by atomic mass is 9.95. The van der Waals surface area contributed by atoms with Gasteiger partial charge in [-0.05, 0) is 43.2 Å². The number of ether oxygens (including phenoxy) is 3. The van der Waals surface area contributed by atoms with Crippen LogP contribution in [0.4, 0.5) is 5.69 Å². The molecule has 7 nitrogen and oxygen atoms in total. The summed E-state index contributed by atoms with van der Waals surface area (Å²) < 4.78 is 15.9. The van der Waals surface area contributed by atoms with Crippen molar-refractivity contribution < 1.29 is 23.8 Å². The first kappa shape index (κ1) is 18.2. The Morgan fingerprint density at radius 2 is 1.82 bits per heavy atom. The van der Waals surface area contributed by atoms with Crippen molar-refractivity contribution in [2.45, 2.75) is 12.8 Å². The van der Waals surface area contributed by atoms with Crippen molar-refractivity contribution in [3.63, 3.8) is 0 Å². The summed E-state index contributed by atoms with van der Waals surface area (Å²) in [6.07, 6.45) is 1.24. The third-order valence-electron chi connectivity index (χ3n) is 5.14. The van der Waals surface area contributed by atoms with Crippen LogP contribution in [0, 0.1) is 5.92 Å². The van der Waals surface area contributed by atoms with Gasteiger partial charge in [-0.25, -0.2) is 0 Å². The predicted octanol–water partition coefficient (Wildman–Crippen LogP) is 2.91. The Balaban J connectivity index is 1.35. The van der Waals surface area contributed by atoms with Gasteiger partial charge < -0.3 is 24.4 Å². The van der Waals surface area contributed by atoms with E-state index >= 15 is 0 Å². The molecule has 1 N–H and O–H groups in total. The normalized spacial score (nSPS) is 16.0. The fraction of sp³-hybridized carbons (Fsp3) is 0.333. The van der Waals surface area contributed by atoms with Gasteiger partial charge in [0.1, 0.15) is 5.75 Å². The molecular formula is C21H22N2O5. The topological polar surface area (TPSA) is 77.1 Å². The standard InChI is InChI=1S/C21H22N2O5/c1-26-17-5-3-2-4-16(17)22-20(24)14-8-10-23(11-9-14)21(25)15-6-7-18-19(12-15)28-13-27-18/h2-7,12,14H,8-11,13H2,1H3,(H,22,24). The summed E-state index contributed by atoms with van der Waals surface area (Å²) in [5, 5.41) is 2.94. The van der Waals surface area contributed by atoms with Crippen LogP contribution >= 0.6 is 0 Å². The zero-order valence-corrected chi connectivity index (χ0v) is 15.6. The maximum Gasteiger partial charge on any atom is 0.253 e. The number of fused-ring (bicyclic) bond motifs is 1. The first-order valence-corrected chi connectivity index (χ1v) is 9.28. The molecule has 0 radical (unpaired) electrons. The average Bonchev–Trinajstić information content (AvgIpc) is 3.21. The lowest BCUT2D eigenvalue weighted by molar-refractivity contribution is -0.121. The van der Waals surface area contributed by atoms with E-state index in [0.29, 0.717) is 54.4 Å². The summed E-state index contributed by atoms with van der Waals surface area (Å²) in [7, 11) is 1.57. The zero-order chi connectivity index (χ0) is 19.5. The number of nitrogens with zero attached hydrogens (tertiary/aromatic N) is 1. The average molecular weight is 382 g/mol. The number of methoxy groups -OCH3 is 1. The molecule has 2 heterocycles. The van der Waals surface area contributed by atoms with Crippen molar-refractivity contribution >= 4 is 17.5 Å². The molecule has 2 aromatic carbocycles. The van der Waals surface area contributed by atoms with Crippen LogP contribution in [0.15, 0.2) is 42.5 Å². The van der Waals surface area contributed by atoms with Crippen molar-refractivity contribution in [2.24, 2.45) is 5.92 Å². The summed E-state index contributed by atoms with van der Waals surface area (Å²) in [6, 6.07) is 12.5. The van der Waals surface area contributed by atoms with Crippen molar-refractivity contribution in [3.05, 3.63) is 48.0 Å². The lowest BCUT2D eigenvalue weighted by Crippen LogP contribution is -2.41.